The van der Waals surface area contributed by atoms with Gasteiger partial charge in [-0.3, -0.25) is 0 Å². The van der Waals surface area contributed by atoms with E-state index in [2.05, 4.69) is 22.9 Å². The first kappa shape index (κ1) is 14.4. The lowest BCUT2D eigenvalue weighted by Gasteiger charge is -2.11. The predicted molar refractivity (Wildman–Crippen MR) is 75.4 cm³/mol. The van der Waals surface area contributed by atoms with E-state index in [4.69, 9.17) is 9.47 Å². The standard InChI is InChI=1S/C14H21BrO2/c1-2-11-16-13-8-4-5-9-14(13)17-12-7-3-6-10-15/h4-5,8-9H,2-3,6-7,10-12H2,1H3. The predicted octanol–water partition coefficient (Wildman–Crippen LogP) is 4.42. The number of halogens is 1. The first-order valence-corrected chi connectivity index (χ1v) is 7.41. The smallest absolute Gasteiger partial charge is 0.161 e. The fraction of sp³-hybridized carbons (Fsp3) is 0.571. The fourth-order valence-electron chi connectivity index (χ4n) is 1.46. The zero-order valence-electron chi connectivity index (χ0n) is 10.5. The van der Waals surface area contributed by atoms with E-state index in [1.54, 1.807) is 0 Å². The molecule has 0 aliphatic heterocycles. The molecule has 0 fully saturated rings. The van der Waals surface area contributed by atoms with Crippen LogP contribution in [0.25, 0.3) is 0 Å². The van der Waals surface area contributed by atoms with Crippen molar-refractivity contribution in [3.05, 3.63) is 24.3 Å². The van der Waals surface area contributed by atoms with Crippen LogP contribution in [0.4, 0.5) is 0 Å². The summed E-state index contributed by atoms with van der Waals surface area (Å²) in [7, 11) is 0. The van der Waals surface area contributed by atoms with Crippen molar-refractivity contribution < 1.29 is 9.47 Å². The van der Waals surface area contributed by atoms with Crippen LogP contribution in [-0.4, -0.2) is 18.5 Å². The fourth-order valence-corrected chi connectivity index (χ4v) is 1.85. The molecule has 0 heterocycles. The Morgan fingerprint density at radius 2 is 1.59 bits per heavy atom. The number of hydrogen-bond acceptors (Lipinski definition) is 2. The maximum Gasteiger partial charge on any atom is 0.161 e. The molecule has 1 rings (SSSR count). The van der Waals surface area contributed by atoms with E-state index in [1.165, 1.54) is 12.8 Å². The van der Waals surface area contributed by atoms with Crippen molar-refractivity contribution in [2.45, 2.75) is 32.6 Å². The zero-order chi connectivity index (χ0) is 12.3. The van der Waals surface area contributed by atoms with Crippen molar-refractivity contribution in [2.75, 3.05) is 18.5 Å². The molecular weight excluding hydrogens is 280 g/mol. The zero-order valence-corrected chi connectivity index (χ0v) is 12.0. The first-order valence-electron chi connectivity index (χ1n) is 6.29. The second-order valence-electron chi connectivity index (χ2n) is 3.89. The summed E-state index contributed by atoms with van der Waals surface area (Å²) in [5, 5.41) is 1.07. The van der Waals surface area contributed by atoms with Gasteiger partial charge in [0.15, 0.2) is 11.5 Å². The van der Waals surface area contributed by atoms with Gasteiger partial charge >= 0.3 is 0 Å². The number of rotatable bonds is 9. The molecule has 0 saturated heterocycles. The van der Waals surface area contributed by atoms with Crippen LogP contribution in [0.1, 0.15) is 32.6 Å². The number of ether oxygens (including phenoxy) is 2. The van der Waals surface area contributed by atoms with E-state index in [0.717, 1.165) is 42.9 Å². The molecule has 0 amide bonds. The summed E-state index contributed by atoms with van der Waals surface area (Å²) in [6, 6.07) is 7.88. The highest BCUT2D eigenvalue weighted by atomic mass is 79.9. The van der Waals surface area contributed by atoms with Gasteiger partial charge in [0.05, 0.1) is 13.2 Å². The Hall–Kier alpha value is -0.700. The minimum absolute atomic E-state index is 0.740. The van der Waals surface area contributed by atoms with Crippen molar-refractivity contribution in [2.24, 2.45) is 0 Å². The van der Waals surface area contributed by atoms with Crippen LogP contribution in [0.2, 0.25) is 0 Å². The molecule has 0 aliphatic carbocycles. The third-order valence-corrected chi connectivity index (χ3v) is 2.91. The molecule has 0 aromatic heterocycles. The van der Waals surface area contributed by atoms with Gasteiger partial charge in [-0.25, -0.2) is 0 Å². The molecule has 17 heavy (non-hydrogen) atoms. The Bertz CT molecular complexity index is 302. The topological polar surface area (TPSA) is 18.5 Å². The lowest BCUT2D eigenvalue weighted by atomic mass is 10.2. The molecule has 0 saturated carbocycles. The van der Waals surface area contributed by atoms with E-state index in [0.29, 0.717) is 0 Å². The second-order valence-corrected chi connectivity index (χ2v) is 4.69. The largest absolute Gasteiger partial charge is 0.490 e. The Kier molecular flexibility index (Phi) is 7.89. The van der Waals surface area contributed by atoms with Crippen LogP contribution >= 0.6 is 15.9 Å². The van der Waals surface area contributed by atoms with Crippen LogP contribution in [0.15, 0.2) is 24.3 Å². The maximum atomic E-state index is 5.74. The van der Waals surface area contributed by atoms with E-state index in [9.17, 15) is 0 Å². The third-order valence-electron chi connectivity index (χ3n) is 2.35. The molecule has 1 aromatic rings. The van der Waals surface area contributed by atoms with Crippen LogP contribution in [0.3, 0.4) is 0 Å². The molecule has 0 aliphatic rings. The molecule has 0 atom stereocenters. The molecule has 0 radical (unpaired) electrons. The minimum Gasteiger partial charge on any atom is -0.490 e. The van der Waals surface area contributed by atoms with E-state index in [-0.39, 0.29) is 0 Å². The summed E-state index contributed by atoms with van der Waals surface area (Å²) in [5.41, 5.74) is 0. The minimum atomic E-state index is 0.740. The molecule has 0 bridgehead atoms. The normalized spacial score (nSPS) is 10.2. The Morgan fingerprint density at radius 3 is 2.18 bits per heavy atom. The SMILES string of the molecule is CCCOc1ccccc1OCCCCCBr. The average molecular weight is 301 g/mol. The monoisotopic (exact) mass is 300 g/mol. The lowest BCUT2D eigenvalue weighted by molar-refractivity contribution is 0.264. The van der Waals surface area contributed by atoms with Crippen molar-refractivity contribution >= 4 is 15.9 Å². The highest BCUT2D eigenvalue weighted by Gasteiger charge is 2.03. The van der Waals surface area contributed by atoms with Crippen molar-refractivity contribution in [1.82, 2.24) is 0 Å². The van der Waals surface area contributed by atoms with Gasteiger partial charge in [0.25, 0.3) is 0 Å². The molecular formula is C14H21BrO2. The van der Waals surface area contributed by atoms with Crippen molar-refractivity contribution in [3.8, 4) is 11.5 Å². The summed E-state index contributed by atoms with van der Waals surface area (Å²) >= 11 is 3.43. The van der Waals surface area contributed by atoms with Crippen LogP contribution in [0, 0.1) is 0 Å². The summed E-state index contributed by atoms with van der Waals surface area (Å²) in [5.74, 6) is 1.72. The molecule has 1 aromatic carbocycles. The summed E-state index contributed by atoms with van der Waals surface area (Å²) < 4.78 is 11.4. The van der Waals surface area contributed by atoms with Gasteiger partial charge in [-0.15, -0.1) is 0 Å². The molecule has 2 nitrogen and oxygen atoms in total. The van der Waals surface area contributed by atoms with E-state index < -0.39 is 0 Å². The van der Waals surface area contributed by atoms with Gasteiger partial charge in [0.2, 0.25) is 0 Å². The van der Waals surface area contributed by atoms with Gasteiger partial charge in [-0.05, 0) is 37.8 Å². The maximum absolute atomic E-state index is 5.74. The van der Waals surface area contributed by atoms with Crippen molar-refractivity contribution in [1.29, 1.82) is 0 Å². The number of benzene rings is 1. The van der Waals surface area contributed by atoms with Crippen molar-refractivity contribution in [3.63, 3.8) is 0 Å². The Morgan fingerprint density at radius 1 is 0.941 bits per heavy atom. The summed E-state index contributed by atoms with van der Waals surface area (Å²) in [6.07, 6.45) is 4.51. The number of alkyl halides is 1. The van der Waals surface area contributed by atoms with Gasteiger partial charge in [0.1, 0.15) is 0 Å². The van der Waals surface area contributed by atoms with Crippen LogP contribution < -0.4 is 9.47 Å². The van der Waals surface area contributed by atoms with E-state index >= 15 is 0 Å². The highest BCUT2D eigenvalue weighted by molar-refractivity contribution is 9.09. The highest BCUT2D eigenvalue weighted by Crippen LogP contribution is 2.26. The summed E-state index contributed by atoms with van der Waals surface area (Å²) in [6.45, 7) is 3.60. The Balaban J connectivity index is 2.35. The average Bonchev–Trinajstić information content (AvgIpc) is 2.37. The first-order chi connectivity index (χ1) is 8.38. The van der Waals surface area contributed by atoms with Crippen LogP contribution in [0.5, 0.6) is 11.5 Å². The number of para-hydroxylation sites is 2. The van der Waals surface area contributed by atoms with Gasteiger partial charge in [-0.2, -0.15) is 0 Å². The van der Waals surface area contributed by atoms with Crippen LogP contribution in [-0.2, 0) is 0 Å². The molecule has 0 N–H and O–H groups in total. The molecule has 0 unspecified atom stereocenters. The summed E-state index contributed by atoms with van der Waals surface area (Å²) in [4.78, 5) is 0. The number of unbranched alkanes of at least 4 members (excludes halogenated alkanes) is 2. The Labute approximate surface area is 112 Å². The van der Waals surface area contributed by atoms with Gasteiger partial charge in [0, 0.05) is 5.33 Å². The third kappa shape index (κ3) is 5.97. The van der Waals surface area contributed by atoms with Gasteiger partial charge < -0.3 is 9.47 Å². The number of hydrogen-bond donors (Lipinski definition) is 0. The second kappa shape index (κ2) is 9.34. The molecule has 3 heteroatoms. The van der Waals surface area contributed by atoms with Gasteiger partial charge in [-0.1, -0.05) is 35.0 Å². The molecule has 0 spiro atoms. The molecule has 96 valence electrons. The lowest BCUT2D eigenvalue weighted by Crippen LogP contribution is -2.01. The quantitative estimate of drug-likeness (QED) is 0.496. The van der Waals surface area contributed by atoms with E-state index in [1.807, 2.05) is 24.3 Å².